The van der Waals surface area contributed by atoms with Crippen molar-refractivity contribution in [1.29, 1.82) is 0 Å². The van der Waals surface area contributed by atoms with E-state index in [0.717, 1.165) is 55.9 Å². The quantitative estimate of drug-likeness (QED) is 0.129. The highest BCUT2D eigenvalue weighted by Crippen LogP contribution is 2.54. The molecule has 0 bridgehead atoms. The first-order chi connectivity index (χ1) is 38.4. The summed E-state index contributed by atoms with van der Waals surface area (Å²) in [6.45, 7) is 4.73. The highest BCUT2D eigenvalue weighted by Gasteiger charge is 2.38. The largest absolute Gasteiger partial charge is 0.456 e. The van der Waals surface area contributed by atoms with E-state index < -0.39 is 0 Å². The Balaban J connectivity index is 0.734. The first-order valence-corrected chi connectivity index (χ1v) is 26.9. The maximum absolute atomic E-state index is 6.38. The summed E-state index contributed by atoms with van der Waals surface area (Å²) in [6, 6.07) is 105. The molecule has 0 unspecified atom stereocenters. The molecule has 0 atom stereocenters. The normalized spacial score (nSPS) is 12.3. The average Bonchev–Trinajstić information content (AvgIpc) is 4.16. The molecule has 370 valence electrons. The first kappa shape index (κ1) is 46.6. The number of furan rings is 1. The molecule has 0 aliphatic heterocycles. The van der Waals surface area contributed by atoms with Gasteiger partial charge in [-0.15, -0.1) is 0 Å². The average molecular weight is 999 g/mol. The molecule has 14 rings (SSSR count). The molecule has 0 N–H and O–H groups in total. The number of rotatable bonds is 11. The summed E-state index contributed by atoms with van der Waals surface area (Å²) in [5.41, 5.74) is 25.4. The van der Waals surface area contributed by atoms with E-state index in [1.54, 1.807) is 0 Å². The zero-order chi connectivity index (χ0) is 52.2. The fraction of sp³-hybridized carbons (Fsp3) is 0.0400. The lowest BCUT2D eigenvalue weighted by atomic mass is 9.81. The van der Waals surface area contributed by atoms with Gasteiger partial charge in [0.1, 0.15) is 11.2 Å². The minimum absolute atomic E-state index is 0.174. The number of fused-ring (bicyclic) bond motifs is 6. The standard InChI is InChI=1S/C75H54N2O/c1-75(2)68-22-11-9-19-65(68)66-21-13-24-70(74(66)75)77(63-47-37-58(38-48-63)52-17-7-4-8-18-52)64-49-41-60(42-50-64)56-33-29-54(30-34-56)53-27-31-55(32-28-53)59-39-45-62(46-40-59)76(61-43-35-57(36-44-61)51-15-5-3-6-16-51)69-23-14-26-72-73(69)67-20-10-12-25-71(67)78-72/h3-50H,1-2H3. The molecule has 3 heteroatoms. The molecule has 1 heterocycles. The van der Waals surface area contributed by atoms with Crippen molar-refractivity contribution < 1.29 is 4.42 Å². The molecule has 1 aromatic heterocycles. The number of nitrogens with zero attached hydrogens (tertiary/aromatic N) is 2. The van der Waals surface area contributed by atoms with Crippen LogP contribution < -0.4 is 9.80 Å². The van der Waals surface area contributed by atoms with E-state index in [0.29, 0.717) is 0 Å². The number of hydrogen-bond donors (Lipinski definition) is 0. The van der Waals surface area contributed by atoms with Crippen molar-refractivity contribution in [3.05, 3.63) is 302 Å². The summed E-state index contributed by atoms with van der Waals surface area (Å²) in [5.74, 6) is 0. The molecular formula is C75H54N2O. The second-order valence-corrected chi connectivity index (χ2v) is 20.9. The van der Waals surface area contributed by atoms with Crippen LogP contribution in [0.4, 0.5) is 34.1 Å². The predicted octanol–water partition coefficient (Wildman–Crippen LogP) is 21.2. The summed E-state index contributed by atoms with van der Waals surface area (Å²) in [6.07, 6.45) is 0. The number of hydrogen-bond acceptors (Lipinski definition) is 3. The summed E-state index contributed by atoms with van der Waals surface area (Å²) in [5, 5.41) is 2.19. The Bertz CT molecular complexity index is 4270. The van der Waals surface area contributed by atoms with Crippen LogP contribution in [0.2, 0.25) is 0 Å². The summed E-state index contributed by atoms with van der Waals surface area (Å²) in [4.78, 5) is 4.79. The Morgan fingerprint density at radius 3 is 1.08 bits per heavy atom. The maximum Gasteiger partial charge on any atom is 0.137 e. The van der Waals surface area contributed by atoms with Gasteiger partial charge in [-0.25, -0.2) is 0 Å². The van der Waals surface area contributed by atoms with Gasteiger partial charge in [-0.2, -0.15) is 0 Å². The van der Waals surface area contributed by atoms with Crippen molar-refractivity contribution in [2.24, 2.45) is 0 Å². The van der Waals surface area contributed by atoms with Crippen LogP contribution in [-0.4, -0.2) is 0 Å². The summed E-state index contributed by atoms with van der Waals surface area (Å²) < 4.78 is 6.38. The predicted molar refractivity (Wildman–Crippen MR) is 328 cm³/mol. The SMILES string of the molecule is CC1(C)c2ccccc2-c2cccc(N(c3ccc(-c4ccccc4)cc3)c3ccc(-c4ccc(-c5ccc(-c6ccc(N(c7ccc(-c8ccccc8)cc7)c7cccc8oc9ccccc9c78)cc6)cc5)cc4)cc3)c21. The third-order valence-corrected chi connectivity index (χ3v) is 15.9. The zero-order valence-corrected chi connectivity index (χ0v) is 43.5. The molecule has 0 fully saturated rings. The van der Waals surface area contributed by atoms with Crippen LogP contribution in [0.5, 0.6) is 0 Å². The Hall–Kier alpha value is -9.96. The van der Waals surface area contributed by atoms with Gasteiger partial charge in [-0.1, -0.05) is 232 Å². The van der Waals surface area contributed by atoms with Gasteiger partial charge in [0.2, 0.25) is 0 Å². The number of anilines is 6. The van der Waals surface area contributed by atoms with Crippen molar-refractivity contribution >= 4 is 56.1 Å². The van der Waals surface area contributed by atoms with E-state index in [1.807, 2.05) is 12.1 Å². The van der Waals surface area contributed by atoms with Crippen LogP contribution in [0, 0.1) is 0 Å². The molecule has 1 aliphatic carbocycles. The molecular weight excluding hydrogens is 945 g/mol. The Morgan fingerprint density at radius 2 is 0.603 bits per heavy atom. The molecule has 3 nitrogen and oxygen atoms in total. The van der Waals surface area contributed by atoms with Gasteiger partial charge in [-0.05, 0) is 151 Å². The number of para-hydroxylation sites is 1. The van der Waals surface area contributed by atoms with Crippen LogP contribution in [0.3, 0.4) is 0 Å². The van der Waals surface area contributed by atoms with Crippen LogP contribution >= 0.6 is 0 Å². The summed E-state index contributed by atoms with van der Waals surface area (Å²) in [7, 11) is 0. The molecule has 1 aliphatic rings. The van der Waals surface area contributed by atoms with Crippen LogP contribution in [0.25, 0.3) is 88.7 Å². The highest BCUT2D eigenvalue weighted by atomic mass is 16.3. The lowest BCUT2D eigenvalue weighted by Crippen LogP contribution is -2.20. The van der Waals surface area contributed by atoms with Gasteiger partial charge >= 0.3 is 0 Å². The highest BCUT2D eigenvalue weighted by molar-refractivity contribution is 6.13. The van der Waals surface area contributed by atoms with Crippen LogP contribution in [0.15, 0.2) is 296 Å². The van der Waals surface area contributed by atoms with Crippen molar-refractivity contribution in [1.82, 2.24) is 0 Å². The topological polar surface area (TPSA) is 19.6 Å². The second-order valence-electron chi connectivity index (χ2n) is 20.9. The number of benzene rings is 12. The van der Waals surface area contributed by atoms with Crippen molar-refractivity contribution in [2.75, 3.05) is 9.80 Å². The lowest BCUT2D eigenvalue weighted by molar-refractivity contribution is 0.661. The monoisotopic (exact) mass is 998 g/mol. The zero-order valence-electron chi connectivity index (χ0n) is 43.5. The van der Waals surface area contributed by atoms with E-state index >= 15 is 0 Å². The van der Waals surface area contributed by atoms with Gasteiger partial charge in [0.15, 0.2) is 0 Å². The lowest BCUT2D eigenvalue weighted by Gasteiger charge is -2.32. The van der Waals surface area contributed by atoms with E-state index in [-0.39, 0.29) is 5.41 Å². The van der Waals surface area contributed by atoms with Crippen molar-refractivity contribution in [2.45, 2.75) is 19.3 Å². The fourth-order valence-corrected chi connectivity index (χ4v) is 12.0. The molecule has 12 aromatic carbocycles. The molecule has 0 spiro atoms. The smallest absolute Gasteiger partial charge is 0.137 e. The van der Waals surface area contributed by atoms with Crippen molar-refractivity contribution in [3.8, 4) is 66.8 Å². The van der Waals surface area contributed by atoms with Crippen LogP contribution in [-0.2, 0) is 5.41 Å². The first-order valence-electron chi connectivity index (χ1n) is 26.9. The minimum Gasteiger partial charge on any atom is -0.456 e. The van der Waals surface area contributed by atoms with Gasteiger partial charge in [0, 0.05) is 33.6 Å². The Labute approximate surface area is 456 Å². The Kier molecular flexibility index (Phi) is 11.5. The maximum atomic E-state index is 6.38. The van der Waals surface area contributed by atoms with Crippen LogP contribution in [0.1, 0.15) is 25.0 Å². The third-order valence-electron chi connectivity index (χ3n) is 15.9. The van der Waals surface area contributed by atoms with E-state index in [9.17, 15) is 0 Å². The van der Waals surface area contributed by atoms with Gasteiger partial charge in [0.05, 0.1) is 16.8 Å². The van der Waals surface area contributed by atoms with Gasteiger partial charge in [-0.3, -0.25) is 0 Å². The molecule has 0 saturated heterocycles. The van der Waals surface area contributed by atoms with Crippen molar-refractivity contribution in [3.63, 3.8) is 0 Å². The Morgan fingerprint density at radius 1 is 0.269 bits per heavy atom. The van der Waals surface area contributed by atoms with E-state index in [2.05, 4.69) is 303 Å². The second kappa shape index (κ2) is 19.3. The van der Waals surface area contributed by atoms with E-state index in [1.165, 1.54) is 78.0 Å². The molecule has 0 radical (unpaired) electrons. The summed E-state index contributed by atoms with van der Waals surface area (Å²) >= 11 is 0. The molecule has 78 heavy (non-hydrogen) atoms. The molecule has 0 amide bonds. The van der Waals surface area contributed by atoms with Gasteiger partial charge in [0.25, 0.3) is 0 Å². The minimum atomic E-state index is -0.174. The molecule has 0 saturated carbocycles. The fourth-order valence-electron chi connectivity index (χ4n) is 12.0. The molecule has 13 aromatic rings. The third kappa shape index (κ3) is 8.25. The van der Waals surface area contributed by atoms with E-state index in [4.69, 9.17) is 4.42 Å². The van der Waals surface area contributed by atoms with Gasteiger partial charge < -0.3 is 14.2 Å².